The van der Waals surface area contributed by atoms with Crippen molar-refractivity contribution < 1.29 is 9.18 Å². The van der Waals surface area contributed by atoms with Gasteiger partial charge in [0.2, 0.25) is 5.91 Å². The van der Waals surface area contributed by atoms with Crippen molar-refractivity contribution >= 4 is 34.4 Å². The number of nitrogens with zero attached hydrogens (tertiary/aromatic N) is 6. The van der Waals surface area contributed by atoms with Crippen LogP contribution >= 0.6 is 11.6 Å². The topological polar surface area (TPSA) is 84.2 Å². The highest BCUT2D eigenvalue weighted by molar-refractivity contribution is 6.33. The molecule has 1 saturated heterocycles. The number of benzene rings is 1. The largest absolute Gasteiger partial charge is 0.355 e. The number of pyridine rings is 2. The molecule has 0 bridgehead atoms. The van der Waals surface area contributed by atoms with Gasteiger partial charge in [-0.1, -0.05) is 44.2 Å². The zero-order valence-electron chi connectivity index (χ0n) is 22.9. The van der Waals surface area contributed by atoms with Gasteiger partial charge in [-0.25, -0.2) is 18.7 Å². The molecule has 1 fully saturated rings. The Bertz CT molecular complexity index is 1700. The Morgan fingerprint density at radius 3 is 2.62 bits per heavy atom. The summed E-state index contributed by atoms with van der Waals surface area (Å²) in [6.07, 6.45) is 3.01. The molecule has 0 spiro atoms. The van der Waals surface area contributed by atoms with Crippen molar-refractivity contribution in [1.82, 2.24) is 24.4 Å². The van der Waals surface area contributed by atoms with Gasteiger partial charge in [0.25, 0.3) is 0 Å². The summed E-state index contributed by atoms with van der Waals surface area (Å²) >= 11 is 6.75. The van der Waals surface area contributed by atoms with Crippen LogP contribution in [-0.4, -0.2) is 56.0 Å². The second kappa shape index (κ2) is 10.8. The number of amides is 1. The van der Waals surface area contributed by atoms with E-state index in [1.807, 2.05) is 38.7 Å². The molecule has 1 atom stereocenters. The van der Waals surface area contributed by atoms with Crippen LogP contribution in [0.25, 0.3) is 28.0 Å². The molecule has 1 aromatic carbocycles. The van der Waals surface area contributed by atoms with E-state index in [1.165, 1.54) is 16.7 Å². The van der Waals surface area contributed by atoms with Crippen molar-refractivity contribution in [3.05, 3.63) is 87.8 Å². The quantitative estimate of drug-likeness (QED) is 0.308. The van der Waals surface area contributed by atoms with E-state index < -0.39 is 11.5 Å². The molecular formula is C30H30ClFN6O2. The van der Waals surface area contributed by atoms with E-state index in [4.69, 9.17) is 16.6 Å². The number of hydrogen-bond donors (Lipinski definition) is 0. The van der Waals surface area contributed by atoms with Gasteiger partial charge >= 0.3 is 5.69 Å². The number of hydrogen-bond acceptors (Lipinski definition) is 6. The zero-order chi connectivity index (χ0) is 28.7. The van der Waals surface area contributed by atoms with Crippen LogP contribution in [0.5, 0.6) is 0 Å². The van der Waals surface area contributed by atoms with Gasteiger partial charge in [0, 0.05) is 37.4 Å². The fourth-order valence-corrected chi connectivity index (χ4v) is 5.51. The maximum Gasteiger partial charge on any atom is 0.355 e. The van der Waals surface area contributed by atoms with Gasteiger partial charge in [-0.2, -0.15) is 4.98 Å². The first-order valence-corrected chi connectivity index (χ1v) is 13.5. The molecule has 1 aliphatic heterocycles. The normalized spacial score (nSPS) is 15.6. The van der Waals surface area contributed by atoms with Crippen LogP contribution in [0.2, 0.25) is 5.02 Å². The van der Waals surface area contributed by atoms with Crippen molar-refractivity contribution in [3.8, 4) is 16.9 Å². The van der Waals surface area contributed by atoms with Crippen LogP contribution in [0.3, 0.4) is 0 Å². The molecular weight excluding hydrogens is 531 g/mol. The molecule has 3 aromatic heterocycles. The smallest absolute Gasteiger partial charge is 0.350 e. The Morgan fingerprint density at radius 1 is 1.20 bits per heavy atom. The molecule has 1 amide bonds. The monoisotopic (exact) mass is 560 g/mol. The number of rotatable bonds is 5. The summed E-state index contributed by atoms with van der Waals surface area (Å²) < 4.78 is 16.4. The molecule has 0 N–H and O–H groups in total. The number of carbonyl (C=O) groups excluding carboxylic acids is 1. The van der Waals surface area contributed by atoms with Crippen LogP contribution in [0.15, 0.2) is 60.0 Å². The van der Waals surface area contributed by atoms with Gasteiger partial charge in [0.05, 0.1) is 27.5 Å². The van der Waals surface area contributed by atoms with E-state index in [1.54, 1.807) is 35.4 Å². The first-order chi connectivity index (χ1) is 19.1. The average molecular weight is 561 g/mol. The van der Waals surface area contributed by atoms with Crippen LogP contribution in [0, 0.1) is 12.7 Å². The number of carbonyl (C=O) groups is 1. The number of piperazine rings is 1. The van der Waals surface area contributed by atoms with Crippen LogP contribution in [0.4, 0.5) is 10.2 Å². The third-order valence-corrected chi connectivity index (χ3v) is 7.53. The molecule has 0 saturated carbocycles. The highest BCUT2D eigenvalue weighted by atomic mass is 35.5. The fraction of sp³-hybridized carbons (Fsp3) is 0.300. The lowest BCUT2D eigenvalue weighted by Crippen LogP contribution is -2.54. The highest BCUT2D eigenvalue weighted by Gasteiger charge is 2.30. The summed E-state index contributed by atoms with van der Waals surface area (Å²) in [6.45, 7) is 12.8. The lowest BCUT2D eigenvalue weighted by molar-refractivity contribution is -0.126. The molecule has 1 aliphatic rings. The summed E-state index contributed by atoms with van der Waals surface area (Å²) in [7, 11) is 0. The lowest BCUT2D eigenvalue weighted by Gasteiger charge is -2.40. The van der Waals surface area contributed by atoms with E-state index in [0.29, 0.717) is 47.9 Å². The standard InChI is InChI=1S/C30H30ClFN6O2/c1-6-24(39)36-13-14-37(19(5)16-36)28-21-15-22(31)26(20-9-7-8-10-23(20)32)34-29(21)38(30(40)35-28)27-18(4)11-12-33-25(27)17(2)3/h6-12,15,17,19H,1,13-14,16H2,2-5H3/t19-/m0/s1. The second-order valence-corrected chi connectivity index (χ2v) is 10.7. The average Bonchev–Trinajstić information content (AvgIpc) is 2.93. The molecule has 4 aromatic rings. The van der Waals surface area contributed by atoms with E-state index in [0.717, 1.165) is 5.56 Å². The maximum atomic E-state index is 14.9. The number of aromatic nitrogens is 4. The van der Waals surface area contributed by atoms with E-state index >= 15 is 0 Å². The maximum absolute atomic E-state index is 14.9. The number of anilines is 1. The van der Waals surface area contributed by atoms with Gasteiger partial charge in [-0.15, -0.1) is 0 Å². The zero-order valence-corrected chi connectivity index (χ0v) is 23.6. The van der Waals surface area contributed by atoms with E-state index in [9.17, 15) is 14.0 Å². The van der Waals surface area contributed by atoms with Crippen molar-refractivity contribution in [2.75, 3.05) is 24.5 Å². The highest BCUT2D eigenvalue weighted by Crippen LogP contribution is 2.36. The van der Waals surface area contributed by atoms with Crippen LogP contribution in [0.1, 0.15) is 37.9 Å². The molecule has 40 heavy (non-hydrogen) atoms. The molecule has 0 unspecified atom stereocenters. The number of halogens is 2. The van der Waals surface area contributed by atoms with Gasteiger partial charge in [-0.3, -0.25) is 9.78 Å². The Hall–Kier alpha value is -4.11. The molecule has 5 rings (SSSR count). The van der Waals surface area contributed by atoms with E-state index in [2.05, 4.69) is 16.5 Å². The van der Waals surface area contributed by atoms with Crippen molar-refractivity contribution in [3.63, 3.8) is 0 Å². The SMILES string of the molecule is C=CC(=O)N1CCN(c2nc(=O)n(-c3c(C)ccnc3C(C)C)c3nc(-c4ccccc4F)c(Cl)cc23)[C@@H](C)C1. The molecule has 0 aliphatic carbocycles. The van der Waals surface area contributed by atoms with Crippen molar-refractivity contribution in [2.24, 2.45) is 0 Å². The minimum Gasteiger partial charge on any atom is -0.350 e. The minimum atomic E-state index is -0.536. The number of aryl methyl sites for hydroxylation is 1. The van der Waals surface area contributed by atoms with Crippen LogP contribution < -0.4 is 10.6 Å². The summed E-state index contributed by atoms with van der Waals surface area (Å²) in [5.74, 6) is -0.203. The van der Waals surface area contributed by atoms with Crippen molar-refractivity contribution in [1.29, 1.82) is 0 Å². The third kappa shape index (κ3) is 4.75. The fourth-order valence-electron chi connectivity index (χ4n) is 5.25. The molecule has 8 nitrogen and oxygen atoms in total. The Labute approximate surface area is 236 Å². The van der Waals surface area contributed by atoms with Gasteiger partial charge in [0.15, 0.2) is 5.65 Å². The molecule has 4 heterocycles. The number of fused-ring (bicyclic) bond motifs is 1. The Kier molecular flexibility index (Phi) is 7.42. The summed E-state index contributed by atoms with van der Waals surface area (Å²) in [5.41, 5.74) is 2.34. The second-order valence-electron chi connectivity index (χ2n) is 10.3. The molecule has 10 heteroatoms. The summed E-state index contributed by atoms with van der Waals surface area (Å²) in [4.78, 5) is 43.8. The van der Waals surface area contributed by atoms with Gasteiger partial charge in [-0.05, 0) is 55.7 Å². The van der Waals surface area contributed by atoms with Crippen molar-refractivity contribution in [2.45, 2.75) is 39.7 Å². The lowest BCUT2D eigenvalue weighted by atomic mass is 10.0. The predicted octanol–water partition coefficient (Wildman–Crippen LogP) is 5.29. The van der Waals surface area contributed by atoms with Gasteiger partial charge < -0.3 is 9.80 Å². The first kappa shape index (κ1) is 27.5. The predicted molar refractivity (Wildman–Crippen MR) is 156 cm³/mol. The summed E-state index contributed by atoms with van der Waals surface area (Å²) in [6, 6.07) is 9.62. The minimum absolute atomic E-state index is 0.00496. The van der Waals surface area contributed by atoms with Crippen LogP contribution in [-0.2, 0) is 4.79 Å². The Morgan fingerprint density at radius 2 is 1.95 bits per heavy atom. The first-order valence-electron chi connectivity index (χ1n) is 13.1. The molecule has 206 valence electrons. The third-order valence-electron chi connectivity index (χ3n) is 7.24. The van der Waals surface area contributed by atoms with Gasteiger partial charge in [0.1, 0.15) is 11.6 Å². The summed E-state index contributed by atoms with van der Waals surface area (Å²) in [5, 5.41) is 0.768. The van der Waals surface area contributed by atoms with E-state index in [-0.39, 0.29) is 34.1 Å². The molecule has 0 radical (unpaired) electrons. The Balaban J connectivity index is 1.81.